The molecule has 112 valence electrons. The van der Waals surface area contributed by atoms with E-state index in [1.165, 1.54) is 24.0 Å². The second-order valence-corrected chi connectivity index (χ2v) is 5.94. The Labute approximate surface area is 126 Å². The second-order valence-electron chi connectivity index (χ2n) is 5.94. The summed E-state index contributed by atoms with van der Waals surface area (Å²) in [5.41, 5.74) is 2.58. The molecule has 0 saturated heterocycles. The largest absolute Gasteiger partial charge is 0.491 e. The molecule has 0 aliphatic heterocycles. The number of furan rings is 1. The number of ether oxygens (including phenoxy) is 1. The van der Waals surface area contributed by atoms with Crippen LogP contribution in [0.5, 0.6) is 5.75 Å². The van der Waals surface area contributed by atoms with Crippen molar-refractivity contribution < 1.29 is 9.15 Å². The first-order valence-corrected chi connectivity index (χ1v) is 7.77. The maximum atomic E-state index is 5.75. The molecule has 1 N–H and O–H groups in total. The van der Waals surface area contributed by atoms with E-state index in [-0.39, 0.29) is 6.10 Å². The van der Waals surface area contributed by atoms with Crippen LogP contribution in [0, 0.1) is 0 Å². The average Bonchev–Trinajstić information content (AvgIpc) is 2.93. The van der Waals surface area contributed by atoms with Gasteiger partial charge in [0.15, 0.2) is 0 Å². The van der Waals surface area contributed by atoms with Crippen LogP contribution < -0.4 is 10.1 Å². The molecular weight excluding hydrogens is 262 g/mol. The zero-order valence-electron chi connectivity index (χ0n) is 12.8. The predicted molar refractivity (Wildman–Crippen MR) is 83.4 cm³/mol. The van der Waals surface area contributed by atoms with Crippen molar-refractivity contribution in [1.29, 1.82) is 0 Å². The molecule has 1 atom stereocenters. The van der Waals surface area contributed by atoms with E-state index in [1.807, 2.05) is 26.2 Å². The first kappa shape index (κ1) is 14.2. The van der Waals surface area contributed by atoms with E-state index in [0.717, 1.165) is 24.5 Å². The van der Waals surface area contributed by atoms with Gasteiger partial charge in [-0.2, -0.15) is 0 Å². The van der Waals surface area contributed by atoms with Gasteiger partial charge in [-0.1, -0.05) is 12.1 Å². The van der Waals surface area contributed by atoms with Gasteiger partial charge in [-0.15, -0.1) is 0 Å². The Bertz CT molecular complexity index is 588. The minimum atomic E-state index is 0.208. The lowest BCUT2D eigenvalue weighted by molar-refractivity contribution is 0.242. The van der Waals surface area contributed by atoms with Crippen LogP contribution in [0.2, 0.25) is 0 Å². The van der Waals surface area contributed by atoms with Crippen LogP contribution in [0.25, 0.3) is 0 Å². The highest BCUT2D eigenvalue weighted by Crippen LogP contribution is 2.30. The normalized spacial score (nSPS) is 17.8. The molecule has 2 aromatic rings. The van der Waals surface area contributed by atoms with Crippen molar-refractivity contribution in [3.05, 3.63) is 53.5 Å². The summed E-state index contributed by atoms with van der Waals surface area (Å²) in [6, 6.07) is 10.8. The number of fused-ring (bicyclic) bond motifs is 1. The minimum absolute atomic E-state index is 0.208. The van der Waals surface area contributed by atoms with E-state index in [9.17, 15) is 0 Å². The summed E-state index contributed by atoms with van der Waals surface area (Å²) in [7, 11) is 0. The van der Waals surface area contributed by atoms with Crippen LogP contribution in [0.3, 0.4) is 0 Å². The summed E-state index contributed by atoms with van der Waals surface area (Å²) >= 11 is 0. The van der Waals surface area contributed by atoms with E-state index in [1.54, 1.807) is 0 Å². The van der Waals surface area contributed by atoms with Crippen molar-refractivity contribution in [2.45, 2.75) is 51.8 Å². The lowest BCUT2D eigenvalue weighted by Crippen LogP contribution is -2.24. The molecule has 1 aromatic carbocycles. The van der Waals surface area contributed by atoms with Gasteiger partial charge >= 0.3 is 0 Å². The fourth-order valence-corrected chi connectivity index (χ4v) is 2.94. The number of hydrogen-bond donors (Lipinski definition) is 1. The molecule has 0 fully saturated rings. The topological polar surface area (TPSA) is 34.4 Å². The molecule has 0 saturated carbocycles. The van der Waals surface area contributed by atoms with Crippen LogP contribution in [0.4, 0.5) is 0 Å². The van der Waals surface area contributed by atoms with E-state index >= 15 is 0 Å². The lowest BCUT2D eigenvalue weighted by Gasteiger charge is -2.23. The van der Waals surface area contributed by atoms with Crippen molar-refractivity contribution in [3.8, 4) is 5.75 Å². The SMILES string of the molecule is CC(C)Oc1cccc(CNC2CCCc3occc32)c1. The van der Waals surface area contributed by atoms with Crippen LogP contribution in [-0.2, 0) is 13.0 Å². The van der Waals surface area contributed by atoms with Gasteiger partial charge in [0, 0.05) is 24.6 Å². The molecule has 0 radical (unpaired) electrons. The molecule has 0 spiro atoms. The molecule has 0 amide bonds. The third kappa shape index (κ3) is 3.48. The van der Waals surface area contributed by atoms with Crippen molar-refractivity contribution in [1.82, 2.24) is 5.32 Å². The zero-order chi connectivity index (χ0) is 14.7. The number of benzene rings is 1. The highest BCUT2D eigenvalue weighted by Gasteiger charge is 2.21. The summed E-state index contributed by atoms with van der Waals surface area (Å²) in [6.07, 6.45) is 5.45. The Balaban J connectivity index is 1.64. The van der Waals surface area contributed by atoms with Crippen molar-refractivity contribution >= 4 is 0 Å². The molecule has 1 unspecified atom stereocenters. The van der Waals surface area contributed by atoms with Crippen molar-refractivity contribution in [3.63, 3.8) is 0 Å². The van der Waals surface area contributed by atoms with Gasteiger partial charge in [0.2, 0.25) is 0 Å². The third-order valence-corrected chi connectivity index (χ3v) is 3.87. The van der Waals surface area contributed by atoms with E-state index in [2.05, 4.69) is 29.6 Å². The molecule has 0 bridgehead atoms. The maximum Gasteiger partial charge on any atom is 0.120 e. The van der Waals surface area contributed by atoms with Gasteiger partial charge in [0.1, 0.15) is 11.5 Å². The molecular formula is C18H23NO2. The van der Waals surface area contributed by atoms with Crippen LogP contribution in [0.15, 0.2) is 41.0 Å². The van der Waals surface area contributed by atoms with E-state index in [0.29, 0.717) is 6.04 Å². The van der Waals surface area contributed by atoms with Crippen LogP contribution in [-0.4, -0.2) is 6.10 Å². The number of hydrogen-bond acceptors (Lipinski definition) is 3. The summed E-state index contributed by atoms with van der Waals surface area (Å²) < 4.78 is 11.3. The predicted octanol–water partition coefficient (Wildman–Crippen LogP) is 4.23. The van der Waals surface area contributed by atoms with Crippen molar-refractivity contribution in [2.24, 2.45) is 0 Å². The number of aryl methyl sites for hydroxylation is 1. The summed E-state index contributed by atoms with van der Waals surface area (Å²) in [6.45, 7) is 4.95. The van der Waals surface area contributed by atoms with E-state index < -0.39 is 0 Å². The number of rotatable bonds is 5. The molecule has 3 rings (SSSR count). The fraction of sp³-hybridized carbons (Fsp3) is 0.444. The monoisotopic (exact) mass is 285 g/mol. The summed E-state index contributed by atoms with van der Waals surface area (Å²) in [5, 5.41) is 3.65. The molecule has 21 heavy (non-hydrogen) atoms. The van der Waals surface area contributed by atoms with Gasteiger partial charge in [0.25, 0.3) is 0 Å². The lowest BCUT2D eigenvalue weighted by atomic mass is 9.93. The molecule has 3 nitrogen and oxygen atoms in total. The van der Waals surface area contributed by atoms with E-state index in [4.69, 9.17) is 9.15 Å². The Kier molecular flexibility index (Phi) is 4.30. The zero-order valence-corrected chi connectivity index (χ0v) is 12.8. The standard InChI is InChI=1S/C18H23NO2/c1-13(2)21-15-6-3-5-14(11-15)12-19-17-7-4-8-18-16(17)9-10-20-18/h3,5-6,9-11,13,17,19H,4,7-8,12H2,1-2H3. The van der Waals surface area contributed by atoms with Gasteiger partial charge in [-0.25, -0.2) is 0 Å². The summed E-state index contributed by atoms with van der Waals surface area (Å²) in [4.78, 5) is 0. The smallest absolute Gasteiger partial charge is 0.120 e. The van der Waals surface area contributed by atoms with Crippen molar-refractivity contribution in [2.75, 3.05) is 0 Å². The first-order chi connectivity index (χ1) is 10.2. The average molecular weight is 285 g/mol. The Morgan fingerprint density at radius 1 is 1.33 bits per heavy atom. The Morgan fingerprint density at radius 3 is 3.10 bits per heavy atom. The molecule has 3 heteroatoms. The van der Waals surface area contributed by atoms with Gasteiger partial charge in [-0.05, 0) is 50.5 Å². The fourth-order valence-electron chi connectivity index (χ4n) is 2.94. The maximum absolute atomic E-state index is 5.75. The Morgan fingerprint density at radius 2 is 2.24 bits per heavy atom. The van der Waals surface area contributed by atoms with Crippen LogP contribution in [0.1, 0.15) is 49.6 Å². The van der Waals surface area contributed by atoms with Gasteiger partial charge < -0.3 is 14.5 Å². The third-order valence-electron chi connectivity index (χ3n) is 3.87. The molecule has 1 aliphatic rings. The summed E-state index contributed by atoms with van der Waals surface area (Å²) in [5.74, 6) is 2.09. The van der Waals surface area contributed by atoms with Gasteiger partial charge in [0.05, 0.1) is 12.4 Å². The Hall–Kier alpha value is -1.74. The minimum Gasteiger partial charge on any atom is -0.491 e. The molecule has 1 aliphatic carbocycles. The molecule has 1 heterocycles. The highest BCUT2D eigenvalue weighted by molar-refractivity contribution is 5.29. The van der Waals surface area contributed by atoms with Gasteiger partial charge in [-0.3, -0.25) is 0 Å². The first-order valence-electron chi connectivity index (χ1n) is 7.77. The number of nitrogens with one attached hydrogen (secondary N) is 1. The quantitative estimate of drug-likeness (QED) is 0.892. The highest BCUT2D eigenvalue weighted by atomic mass is 16.5. The van der Waals surface area contributed by atoms with Crippen LogP contribution >= 0.6 is 0 Å². The molecule has 1 aromatic heterocycles. The second kappa shape index (κ2) is 6.35.